The van der Waals surface area contributed by atoms with Crippen molar-refractivity contribution >= 4 is 5.91 Å². The summed E-state index contributed by atoms with van der Waals surface area (Å²) < 4.78 is 5.88. The Morgan fingerprint density at radius 3 is 3.00 bits per heavy atom. The average Bonchev–Trinajstić information content (AvgIpc) is 2.80. The summed E-state index contributed by atoms with van der Waals surface area (Å²) in [6.07, 6.45) is 6.70. The van der Waals surface area contributed by atoms with E-state index in [0.717, 1.165) is 18.4 Å². The first-order valence-corrected chi connectivity index (χ1v) is 6.10. The molecule has 92 valence electrons. The third kappa shape index (κ3) is 3.44. The fourth-order valence-electron chi connectivity index (χ4n) is 2.05. The minimum atomic E-state index is -0.0410. The van der Waals surface area contributed by atoms with E-state index in [1.807, 2.05) is 12.1 Å². The molecule has 0 spiro atoms. The van der Waals surface area contributed by atoms with E-state index in [1.54, 1.807) is 6.20 Å². The van der Waals surface area contributed by atoms with Crippen molar-refractivity contribution < 1.29 is 9.53 Å². The summed E-state index contributed by atoms with van der Waals surface area (Å²) in [4.78, 5) is 15.1. The maximum Gasteiger partial charge on any atom is 0.218 e. The monoisotopic (exact) mass is 234 g/mol. The standard InChI is InChI=1S/C13H18N2O2/c1-10(16)15-9-11-5-4-8-14-13(11)17-12-6-2-3-7-12/h4-5,8,12H,2-3,6-7,9H2,1H3,(H,15,16). The Labute approximate surface area is 101 Å². The van der Waals surface area contributed by atoms with Crippen molar-refractivity contribution in [2.45, 2.75) is 45.3 Å². The Hall–Kier alpha value is -1.58. The van der Waals surface area contributed by atoms with Crippen LogP contribution in [0.5, 0.6) is 5.88 Å². The number of rotatable bonds is 4. The van der Waals surface area contributed by atoms with E-state index in [2.05, 4.69) is 10.3 Å². The van der Waals surface area contributed by atoms with E-state index in [1.165, 1.54) is 19.8 Å². The lowest BCUT2D eigenvalue weighted by atomic mass is 10.2. The molecule has 1 aromatic rings. The average molecular weight is 234 g/mol. The minimum absolute atomic E-state index is 0.0410. The van der Waals surface area contributed by atoms with E-state index in [-0.39, 0.29) is 5.91 Å². The van der Waals surface area contributed by atoms with Gasteiger partial charge in [-0.05, 0) is 31.7 Å². The van der Waals surface area contributed by atoms with Gasteiger partial charge in [0.05, 0.1) is 0 Å². The summed E-state index contributed by atoms with van der Waals surface area (Å²) >= 11 is 0. The normalized spacial score (nSPS) is 15.8. The molecular formula is C13H18N2O2. The van der Waals surface area contributed by atoms with Crippen LogP contribution in [0.1, 0.15) is 38.2 Å². The molecule has 1 fully saturated rings. The summed E-state index contributed by atoms with van der Waals surface area (Å²) in [6, 6.07) is 3.80. The number of carbonyl (C=O) groups excluding carboxylic acids is 1. The minimum Gasteiger partial charge on any atom is -0.474 e. The molecule has 1 saturated carbocycles. The number of nitrogens with one attached hydrogen (secondary N) is 1. The van der Waals surface area contributed by atoms with Crippen LogP contribution in [0.4, 0.5) is 0 Å². The highest BCUT2D eigenvalue weighted by Gasteiger charge is 2.18. The van der Waals surface area contributed by atoms with E-state index < -0.39 is 0 Å². The first-order chi connectivity index (χ1) is 8.25. The van der Waals surface area contributed by atoms with Crippen LogP contribution in [0.2, 0.25) is 0 Å². The largest absolute Gasteiger partial charge is 0.474 e. The van der Waals surface area contributed by atoms with E-state index in [9.17, 15) is 4.79 Å². The molecule has 0 bridgehead atoms. The summed E-state index contributed by atoms with van der Waals surface area (Å²) in [5.41, 5.74) is 0.939. The Balaban J connectivity index is 2.01. The van der Waals surface area contributed by atoms with E-state index in [0.29, 0.717) is 18.5 Å². The quantitative estimate of drug-likeness (QED) is 0.867. The highest BCUT2D eigenvalue weighted by atomic mass is 16.5. The maximum atomic E-state index is 10.9. The number of aromatic nitrogens is 1. The molecule has 4 nitrogen and oxygen atoms in total. The lowest BCUT2D eigenvalue weighted by Crippen LogP contribution is -2.21. The summed E-state index contributed by atoms with van der Waals surface area (Å²) in [5.74, 6) is 0.619. The van der Waals surface area contributed by atoms with Crippen LogP contribution in [0.15, 0.2) is 18.3 Å². The SMILES string of the molecule is CC(=O)NCc1cccnc1OC1CCCC1. The molecule has 0 saturated heterocycles. The van der Waals surface area contributed by atoms with Gasteiger partial charge in [0, 0.05) is 25.2 Å². The number of pyridine rings is 1. The van der Waals surface area contributed by atoms with E-state index >= 15 is 0 Å². The van der Waals surface area contributed by atoms with Crippen molar-refractivity contribution in [3.63, 3.8) is 0 Å². The maximum absolute atomic E-state index is 10.9. The van der Waals surface area contributed by atoms with Gasteiger partial charge in [-0.2, -0.15) is 0 Å². The molecule has 4 heteroatoms. The fourth-order valence-corrected chi connectivity index (χ4v) is 2.05. The van der Waals surface area contributed by atoms with Gasteiger partial charge in [0.2, 0.25) is 11.8 Å². The number of amides is 1. The second-order valence-corrected chi connectivity index (χ2v) is 4.40. The highest BCUT2D eigenvalue weighted by molar-refractivity contribution is 5.72. The zero-order valence-corrected chi connectivity index (χ0v) is 10.1. The van der Waals surface area contributed by atoms with Crippen molar-refractivity contribution in [1.82, 2.24) is 10.3 Å². The van der Waals surface area contributed by atoms with Crippen molar-refractivity contribution in [2.75, 3.05) is 0 Å². The Kier molecular flexibility index (Phi) is 3.96. The number of nitrogens with zero attached hydrogens (tertiary/aromatic N) is 1. The molecule has 1 aromatic heterocycles. The first-order valence-electron chi connectivity index (χ1n) is 6.10. The van der Waals surface area contributed by atoms with Gasteiger partial charge in [-0.1, -0.05) is 6.07 Å². The predicted octanol–water partition coefficient (Wildman–Crippen LogP) is 2.04. The smallest absolute Gasteiger partial charge is 0.218 e. The number of carbonyl (C=O) groups is 1. The number of hydrogen-bond donors (Lipinski definition) is 1. The van der Waals surface area contributed by atoms with Crippen molar-refractivity contribution in [2.24, 2.45) is 0 Å². The van der Waals surface area contributed by atoms with Gasteiger partial charge >= 0.3 is 0 Å². The van der Waals surface area contributed by atoms with Crippen LogP contribution in [-0.2, 0) is 11.3 Å². The molecule has 0 aliphatic heterocycles. The van der Waals surface area contributed by atoms with Crippen LogP contribution >= 0.6 is 0 Å². The molecule has 17 heavy (non-hydrogen) atoms. The van der Waals surface area contributed by atoms with Crippen LogP contribution < -0.4 is 10.1 Å². The first kappa shape index (κ1) is 11.9. The highest BCUT2D eigenvalue weighted by Crippen LogP contribution is 2.24. The van der Waals surface area contributed by atoms with Crippen LogP contribution in [0, 0.1) is 0 Å². The number of ether oxygens (including phenoxy) is 1. The van der Waals surface area contributed by atoms with Gasteiger partial charge in [0.1, 0.15) is 6.10 Å². The van der Waals surface area contributed by atoms with Crippen molar-refractivity contribution in [3.05, 3.63) is 23.9 Å². The molecule has 1 heterocycles. The topological polar surface area (TPSA) is 51.2 Å². The van der Waals surface area contributed by atoms with Gasteiger partial charge < -0.3 is 10.1 Å². The lowest BCUT2D eigenvalue weighted by Gasteiger charge is -2.15. The summed E-state index contributed by atoms with van der Waals surface area (Å²) in [7, 11) is 0. The van der Waals surface area contributed by atoms with Gasteiger partial charge in [-0.15, -0.1) is 0 Å². The molecular weight excluding hydrogens is 216 g/mol. The Morgan fingerprint density at radius 1 is 1.53 bits per heavy atom. The molecule has 1 aliphatic carbocycles. The molecule has 0 unspecified atom stereocenters. The Bertz CT molecular complexity index is 387. The lowest BCUT2D eigenvalue weighted by molar-refractivity contribution is -0.119. The Morgan fingerprint density at radius 2 is 2.29 bits per heavy atom. The number of hydrogen-bond acceptors (Lipinski definition) is 3. The second-order valence-electron chi connectivity index (χ2n) is 4.40. The predicted molar refractivity (Wildman–Crippen MR) is 64.6 cm³/mol. The zero-order chi connectivity index (χ0) is 12.1. The summed E-state index contributed by atoms with van der Waals surface area (Å²) in [6.45, 7) is 1.99. The van der Waals surface area contributed by atoms with Gasteiger partial charge in [-0.25, -0.2) is 4.98 Å². The third-order valence-electron chi connectivity index (χ3n) is 2.96. The zero-order valence-electron chi connectivity index (χ0n) is 10.1. The van der Waals surface area contributed by atoms with Gasteiger partial charge in [0.25, 0.3) is 0 Å². The van der Waals surface area contributed by atoms with Crippen LogP contribution in [0.3, 0.4) is 0 Å². The second kappa shape index (κ2) is 5.66. The summed E-state index contributed by atoms with van der Waals surface area (Å²) in [5, 5.41) is 2.77. The van der Waals surface area contributed by atoms with Crippen LogP contribution in [0.25, 0.3) is 0 Å². The molecule has 0 radical (unpaired) electrons. The van der Waals surface area contributed by atoms with Gasteiger partial charge in [0.15, 0.2) is 0 Å². The molecule has 1 amide bonds. The van der Waals surface area contributed by atoms with Crippen LogP contribution in [-0.4, -0.2) is 17.0 Å². The van der Waals surface area contributed by atoms with Gasteiger partial charge in [-0.3, -0.25) is 4.79 Å². The molecule has 1 aliphatic rings. The fraction of sp³-hybridized carbons (Fsp3) is 0.538. The molecule has 2 rings (SSSR count). The molecule has 1 N–H and O–H groups in total. The van der Waals surface area contributed by atoms with E-state index in [4.69, 9.17) is 4.74 Å². The third-order valence-corrected chi connectivity index (χ3v) is 2.96. The van der Waals surface area contributed by atoms with Crippen molar-refractivity contribution in [1.29, 1.82) is 0 Å². The molecule has 0 aromatic carbocycles. The molecule has 0 atom stereocenters. The van der Waals surface area contributed by atoms with Crippen molar-refractivity contribution in [3.8, 4) is 5.88 Å².